The number of nitriles is 1. The van der Waals surface area contributed by atoms with Gasteiger partial charge in [-0.3, -0.25) is 4.79 Å². The maximum Gasteiger partial charge on any atom is 0.274 e. The van der Waals surface area contributed by atoms with Crippen LogP contribution in [-0.4, -0.2) is 50.7 Å². The molecule has 4 rings (SSSR count). The number of aromatic nitrogens is 3. The van der Waals surface area contributed by atoms with Gasteiger partial charge in [0.15, 0.2) is 5.69 Å². The Kier molecular flexibility index (Phi) is 6.56. The van der Waals surface area contributed by atoms with E-state index in [0.717, 1.165) is 29.9 Å². The normalized spacial score (nSPS) is 14.2. The van der Waals surface area contributed by atoms with Crippen LogP contribution in [0.15, 0.2) is 48.8 Å². The summed E-state index contributed by atoms with van der Waals surface area (Å²) in [6.07, 6.45) is 5.12. The quantitative estimate of drug-likeness (QED) is 0.533. The fourth-order valence-electron chi connectivity index (χ4n) is 3.74. The lowest BCUT2D eigenvalue weighted by atomic mass is 10.1. The highest BCUT2D eigenvalue weighted by molar-refractivity contribution is 5.92. The van der Waals surface area contributed by atoms with Crippen LogP contribution < -0.4 is 16.4 Å². The van der Waals surface area contributed by atoms with Crippen molar-refractivity contribution in [1.82, 2.24) is 19.7 Å². The van der Waals surface area contributed by atoms with E-state index >= 15 is 0 Å². The maximum atomic E-state index is 12.9. The van der Waals surface area contributed by atoms with Gasteiger partial charge in [0.25, 0.3) is 5.91 Å². The monoisotopic (exact) mass is 444 g/mol. The number of piperidine rings is 1. The van der Waals surface area contributed by atoms with Crippen molar-refractivity contribution < 1.29 is 4.79 Å². The van der Waals surface area contributed by atoms with Gasteiger partial charge < -0.3 is 21.3 Å². The van der Waals surface area contributed by atoms with Gasteiger partial charge in [-0.2, -0.15) is 10.4 Å². The predicted molar refractivity (Wildman–Crippen MR) is 128 cm³/mol. The Balaban J connectivity index is 1.56. The van der Waals surface area contributed by atoms with E-state index in [0.29, 0.717) is 30.2 Å². The standard InChI is InChI=1S/C24H28N8O/c1-16(2)28-21-13-23(29-19-5-3-17(14-25)4-6-19)27-15-22(21)32-12-9-20(30-32)24(33)31-10-7-18(26)8-11-31/h3-6,9,12-13,15-16,18H,7-8,10-11,26H2,1-2H3,(H2,27,28,29). The molecule has 0 radical (unpaired) electrons. The van der Waals surface area contributed by atoms with Crippen molar-refractivity contribution in [3.63, 3.8) is 0 Å². The molecule has 170 valence electrons. The molecule has 1 saturated heterocycles. The van der Waals surface area contributed by atoms with Crippen molar-refractivity contribution in [3.8, 4) is 11.8 Å². The smallest absolute Gasteiger partial charge is 0.274 e. The summed E-state index contributed by atoms with van der Waals surface area (Å²) >= 11 is 0. The molecule has 1 amide bonds. The molecule has 0 saturated carbocycles. The van der Waals surface area contributed by atoms with Crippen LogP contribution in [0.3, 0.4) is 0 Å². The zero-order valence-electron chi connectivity index (χ0n) is 18.8. The molecule has 0 spiro atoms. The van der Waals surface area contributed by atoms with E-state index in [1.165, 1.54) is 0 Å². The highest BCUT2D eigenvalue weighted by atomic mass is 16.2. The highest BCUT2D eigenvalue weighted by Crippen LogP contribution is 2.25. The maximum absolute atomic E-state index is 12.9. The number of nitrogens with two attached hydrogens (primary N) is 1. The van der Waals surface area contributed by atoms with Gasteiger partial charge in [0.2, 0.25) is 0 Å². The van der Waals surface area contributed by atoms with Crippen LogP contribution in [0.4, 0.5) is 17.2 Å². The number of amides is 1. The minimum atomic E-state index is -0.0777. The highest BCUT2D eigenvalue weighted by Gasteiger charge is 2.23. The molecule has 9 heteroatoms. The predicted octanol–water partition coefficient (Wildman–Crippen LogP) is 3.27. The topological polar surface area (TPSA) is 125 Å². The summed E-state index contributed by atoms with van der Waals surface area (Å²) in [6.45, 7) is 5.42. The first kappa shape index (κ1) is 22.3. The molecule has 0 bridgehead atoms. The van der Waals surface area contributed by atoms with Crippen molar-refractivity contribution in [3.05, 3.63) is 60.0 Å². The Bertz CT molecular complexity index is 1150. The summed E-state index contributed by atoms with van der Waals surface area (Å²) in [5.74, 6) is 0.575. The Morgan fingerprint density at radius 1 is 1.21 bits per heavy atom. The summed E-state index contributed by atoms with van der Waals surface area (Å²) in [7, 11) is 0. The molecule has 3 heterocycles. The van der Waals surface area contributed by atoms with Gasteiger partial charge in [-0.1, -0.05) is 0 Å². The molecule has 9 nitrogen and oxygen atoms in total. The number of nitrogens with zero attached hydrogens (tertiary/aromatic N) is 5. The van der Waals surface area contributed by atoms with Gasteiger partial charge in [-0.25, -0.2) is 9.67 Å². The van der Waals surface area contributed by atoms with E-state index in [2.05, 4.69) is 40.6 Å². The number of rotatable bonds is 6. The first-order valence-corrected chi connectivity index (χ1v) is 11.1. The van der Waals surface area contributed by atoms with Crippen LogP contribution in [0.1, 0.15) is 42.7 Å². The molecule has 1 fully saturated rings. The Morgan fingerprint density at radius 2 is 1.94 bits per heavy atom. The van der Waals surface area contributed by atoms with E-state index in [1.54, 1.807) is 35.3 Å². The van der Waals surface area contributed by atoms with Crippen molar-refractivity contribution in [1.29, 1.82) is 5.26 Å². The Labute approximate surface area is 193 Å². The molecule has 0 aliphatic carbocycles. The first-order valence-electron chi connectivity index (χ1n) is 11.1. The average molecular weight is 445 g/mol. The minimum absolute atomic E-state index is 0.0777. The number of hydrogen-bond donors (Lipinski definition) is 3. The van der Waals surface area contributed by atoms with Crippen LogP contribution in [-0.2, 0) is 0 Å². The van der Waals surface area contributed by atoms with Gasteiger partial charge in [-0.15, -0.1) is 0 Å². The van der Waals surface area contributed by atoms with E-state index in [9.17, 15) is 4.79 Å². The second-order valence-corrected chi connectivity index (χ2v) is 8.48. The number of carbonyl (C=O) groups is 1. The molecule has 1 aliphatic rings. The van der Waals surface area contributed by atoms with E-state index in [1.807, 2.05) is 23.1 Å². The lowest BCUT2D eigenvalue weighted by molar-refractivity contribution is 0.0708. The zero-order valence-corrected chi connectivity index (χ0v) is 18.8. The number of hydrogen-bond acceptors (Lipinski definition) is 7. The van der Waals surface area contributed by atoms with Crippen LogP contribution in [0.2, 0.25) is 0 Å². The molecule has 1 aliphatic heterocycles. The average Bonchev–Trinajstić information content (AvgIpc) is 3.29. The summed E-state index contributed by atoms with van der Waals surface area (Å²) in [5, 5.41) is 20.2. The molecule has 1 aromatic carbocycles. The molecule has 2 aromatic heterocycles. The zero-order chi connectivity index (χ0) is 23.4. The van der Waals surface area contributed by atoms with E-state index < -0.39 is 0 Å². The van der Waals surface area contributed by atoms with Crippen LogP contribution >= 0.6 is 0 Å². The van der Waals surface area contributed by atoms with Gasteiger partial charge in [0.1, 0.15) is 11.5 Å². The van der Waals surface area contributed by atoms with Crippen molar-refractivity contribution in [2.75, 3.05) is 23.7 Å². The van der Waals surface area contributed by atoms with Crippen LogP contribution in [0.5, 0.6) is 0 Å². The number of anilines is 3. The third-order valence-corrected chi connectivity index (χ3v) is 5.50. The fraction of sp³-hybridized carbons (Fsp3) is 0.333. The first-order chi connectivity index (χ1) is 15.9. The molecule has 0 atom stereocenters. The van der Waals surface area contributed by atoms with E-state index in [-0.39, 0.29) is 18.0 Å². The second-order valence-electron chi connectivity index (χ2n) is 8.48. The lowest BCUT2D eigenvalue weighted by Gasteiger charge is -2.29. The largest absolute Gasteiger partial charge is 0.381 e. The molecular formula is C24H28N8O. The van der Waals surface area contributed by atoms with Crippen LogP contribution in [0.25, 0.3) is 5.69 Å². The van der Waals surface area contributed by atoms with Gasteiger partial charge in [-0.05, 0) is 57.0 Å². The van der Waals surface area contributed by atoms with Gasteiger partial charge in [0.05, 0.1) is 23.5 Å². The van der Waals surface area contributed by atoms with Crippen molar-refractivity contribution in [2.24, 2.45) is 5.73 Å². The SMILES string of the molecule is CC(C)Nc1cc(Nc2ccc(C#N)cc2)ncc1-n1ccc(C(=O)N2CCC(N)CC2)n1. The number of benzene rings is 1. The van der Waals surface area contributed by atoms with Crippen molar-refractivity contribution >= 4 is 23.1 Å². The Hall–Kier alpha value is -3.90. The summed E-state index contributed by atoms with van der Waals surface area (Å²) < 4.78 is 1.67. The van der Waals surface area contributed by atoms with Crippen molar-refractivity contribution in [2.45, 2.75) is 38.8 Å². The second kappa shape index (κ2) is 9.71. The molecule has 4 N–H and O–H groups in total. The lowest BCUT2D eigenvalue weighted by Crippen LogP contribution is -2.43. The third kappa shape index (κ3) is 5.30. The summed E-state index contributed by atoms with van der Waals surface area (Å²) in [6, 6.07) is 13.3. The van der Waals surface area contributed by atoms with Crippen LogP contribution in [0, 0.1) is 11.3 Å². The number of pyridine rings is 1. The summed E-state index contributed by atoms with van der Waals surface area (Å²) in [4.78, 5) is 19.2. The third-order valence-electron chi connectivity index (χ3n) is 5.50. The number of likely N-dealkylation sites (tertiary alicyclic amines) is 1. The summed E-state index contributed by atoms with van der Waals surface area (Å²) in [5.41, 5.74) is 9.37. The van der Waals surface area contributed by atoms with Gasteiger partial charge >= 0.3 is 0 Å². The fourth-order valence-corrected chi connectivity index (χ4v) is 3.74. The van der Waals surface area contributed by atoms with Gasteiger partial charge in [0, 0.05) is 43.1 Å². The number of nitrogens with one attached hydrogen (secondary N) is 2. The molecular weight excluding hydrogens is 416 g/mol. The molecule has 33 heavy (non-hydrogen) atoms. The Morgan fingerprint density at radius 3 is 2.61 bits per heavy atom. The minimum Gasteiger partial charge on any atom is -0.381 e. The molecule has 0 unspecified atom stereocenters. The number of carbonyl (C=O) groups excluding carboxylic acids is 1. The molecule has 3 aromatic rings. The van der Waals surface area contributed by atoms with E-state index in [4.69, 9.17) is 11.0 Å².